The predicted octanol–water partition coefficient (Wildman–Crippen LogP) is 4.67. The van der Waals surface area contributed by atoms with Crippen molar-refractivity contribution in [2.45, 2.75) is 57.5 Å². The normalized spacial score (nSPS) is 29.5. The minimum atomic E-state index is -0.474. The van der Waals surface area contributed by atoms with Crippen LogP contribution in [0.4, 0.5) is 0 Å². The van der Waals surface area contributed by atoms with Gasteiger partial charge in [0.25, 0.3) is 0 Å². The molecule has 1 aromatic heterocycles. The van der Waals surface area contributed by atoms with Gasteiger partial charge in [0.2, 0.25) is 0 Å². The van der Waals surface area contributed by atoms with Gasteiger partial charge in [-0.15, -0.1) is 11.3 Å². The van der Waals surface area contributed by atoms with Crippen molar-refractivity contribution >= 4 is 22.9 Å². The van der Waals surface area contributed by atoms with Crippen LogP contribution in [0.1, 0.15) is 50.3 Å². The fraction of sp³-hybridized carbons (Fsp3) is 0.714. The van der Waals surface area contributed by atoms with Crippen LogP contribution in [-0.2, 0) is 6.42 Å². The van der Waals surface area contributed by atoms with E-state index < -0.39 is 5.60 Å². The zero-order chi connectivity index (χ0) is 12.3. The van der Waals surface area contributed by atoms with Crippen molar-refractivity contribution < 1.29 is 5.11 Å². The van der Waals surface area contributed by atoms with Crippen LogP contribution < -0.4 is 0 Å². The second-order valence-corrected chi connectivity index (χ2v) is 7.14. The monoisotopic (exact) mass is 272 g/mol. The fourth-order valence-electron chi connectivity index (χ4n) is 2.86. The van der Waals surface area contributed by atoms with Crippen LogP contribution >= 0.6 is 22.9 Å². The summed E-state index contributed by atoms with van der Waals surface area (Å²) in [5.41, 5.74) is -0.474. The van der Waals surface area contributed by atoms with Crippen molar-refractivity contribution in [2.75, 3.05) is 0 Å². The van der Waals surface area contributed by atoms with Gasteiger partial charge in [0.05, 0.1) is 9.94 Å². The molecule has 1 aromatic rings. The quantitative estimate of drug-likeness (QED) is 0.845. The molecule has 1 aliphatic rings. The van der Waals surface area contributed by atoms with Crippen molar-refractivity contribution in [1.82, 2.24) is 0 Å². The van der Waals surface area contributed by atoms with Crippen LogP contribution in [0.3, 0.4) is 0 Å². The van der Waals surface area contributed by atoms with Crippen LogP contribution in [0.25, 0.3) is 0 Å². The van der Waals surface area contributed by atoms with E-state index in [9.17, 15) is 5.11 Å². The third kappa shape index (κ3) is 3.70. The van der Waals surface area contributed by atoms with Crippen LogP contribution in [0.5, 0.6) is 0 Å². The maximum Gasteiger partial charge on any atom is 0.0931 e. The molecule has 0 amide bonds. The molecule has 1 N–H and O–H groups in total. The van der Waals surface area contributed by atoms with E-state index in [1.807, 2.05) is 12.1 Å². The summed E-state index contributed by atoms with van der Waals surface area (Å²) in [6, 6.07) is 3.97. The Hall–Kier alpha value is -0.0500. The zero-order valence-corrected chi connectivity index (χ0v) is 12.0. The first kappa shape index (κ1) is 13.4. The van der Waals surface area contributed by atoms with Crippen molar-refractivity contribution in [3.63, 3.8) is 0 Å². The number of thiophene rings is 1. The van der Waals surface area contributed by atoms with Gasteiger partial charge in [0, 0.05) is 11.3 Å². The Balaban J connectivity index is 1.89. The molecule has 1 saturated carbocycles. The third-order valence-electron chi connectivity index (χ3n) is 3.86. The summed E-state index contributed by atoms with van der Waals surface area (Å²) in [6.45, 7) is 2.24. The van der Waals surface area contributed by atoms with E-state index in [2.05, 4.69) is 6.92 Å². The van der Waals surface area contributed by atoms with Gasteiger partial charge in [-0.3, -0.25) is 0 Å². The highest BCUT2D eigenvalue weighted by Crippen LogP contribution is 2.37. The first-order valence-electron chi connectivity index (χ1n) is 6.58. The average Bonchev–Trinajstić information content (AvgIpc) is 2.68. The molecule has 3 heteroatoms. The summed E-state index contributed by atoms with van der Waals surface area (Å²) in [7, 11) is 0. The molecule has 0 radical (unpaired) electrons. The van der Waals surface area contributed by atoms with Gasteiger partial charge in [0.15, 0.2) is 0 Å². The molecule has 0 aromatic carbocycles. The van der Waals surface area contributed by atoms with Crippen LogP contribution in [-0.4, -0.2) is 10.7 Å². The molecule has 0 bridgehead atoms. The zero-order valence-electron chi connectivity index (χ0n) is 10.4. The highest BCUT2D eigenvalue weighted by Gasteiger charge is 2.33. The molecule has 0 spiro atoms. The number of halogens is 1. The molecule has 1 nitrogen and oxygen atoms in total. The Morgan fingerprint density at radius 1 is 1.41 bits per heavy atom. The van der Waals surface area contributed by atoms with Gasteiger partial charge in [-0.25, -0.2) is 0 Å². The second kappa shape index (κ2) is 5.73. The molecule has 1 heterocycles. The van der Waals surface area contributed by atoms with Crippen molar-refractivity contribution in [3.8, 4) is 0 Å². The highest BCUT2D eigenvalue weighted by atomic mass is 35.5. The van der Waals surface area contributed by atoms with E-state index in [-0.39, 0.29) is 0 Å². The molecule has 2 rings (SSSR count). The molecule has 0 saturated heterocycles. The van der Waals surface area contributed by atoms with Gasteiger partial charge in [-0.2, -0.15) is 0 Å². The molecular weight excluding hydrogens is 252 g/mol. The number of rotatable bonds is 4. The van der Waals surface area contributed by atoms with Crippen LogP contribution in [0.2, 0.25) is 4.34 Å². The number of aliphatic hydroxyl groups is 1. The lowest BCUT2D eigenvalue weighted by atomic mass is 9.75. The topological polar surface area (TPSA) is 20.2 Å². The minimum absolute atomic E-state index is 0.474. The molecule has 17 heavy (non-hydrogen) atoms. The standard InChI is InChI=1S/C14H21ClOS/c1-2-3-11-6-8-14(16,9-7-11)10-12-4-5-13(15)17-12/h4-5,11,16H,2-3,6-10H2,1H3. The van der Waals surface area contributed by atoms with E-state index in [0.717, 1.165) is 29.5 Å². The first-order chi connectivity index (χ1) is 8.11. The molecule has 1 aliphatic carbocycles. The average molecular weight is 273 g/mol. The van der Waals surface area contributed by atoms with E-state index in [0.29, 0.717) is 0 Å². The van der Waals surface area contributed by atoms with Crippen LogP contribution in [0, 0.1) is 5.92 Å². The Bertz CT molecular complexity index is 353. The summed E-state index contributed by atoms with van der Waals surface area (Å²) in [4.78, 5) is 1.21. The molecule has 0 aliphatic heterocycles. The van der Waals surface area contributed by atoms with E-state index >= 15 is 0 Å². The van der Waals surface area contributed by atoms with Gasteiger partial charge in [-0.1, -0.05) is 31.4 Å². The maximum absolute atomic E-state index is 10.6. The van der Waals surface area contributed by atoms with Gasteiger partial charge >= 0.3 is 0 Å². The third-order valence-corrected chi connectivity index (χ3v) is 5.10. The first-order valence-corrected chi connectivity index (χ1v) is 7.77. The van der Waals surface area contributed by atoms with Gasteiger partial charge < -0.3 is 5.11 Å². The SMILES string of the molecule is CCCC1CCC(O)(Cc2ccc(Cl)s2)CC1. The smallest absolute Gasteiger partial charge is 0.0931 e. The molecule has 1 fully saturated rings. The molecule has 0 atom stereocenters. The van der Waals surface area contributed by atoms with Crippen molar-refractivity contribution in [3.05, 3.63) is 21.3 Å². The Labute approximate surface area is 113 Å². The Morgan fingerprint density at radius 3 is 2.65 bits per heavy atom. The van der Waals surface area contributed by atoms with Crippen molar-refractivity contribution in [2.24, 2.45) is 5.92 Å². The summed E-state index contributed by atoms with van der Waals surface area (Å²) < 4.78 is 0.822. The molecule has 0 unspecified atom stereocenters. The second-order valence-electron chi connectivity index (χ2n) is 5.34. The largest absolute Gasteiger partial charge is 0.390 e. The lowest BCUT2D eigenvalue weighted by Gasteiger charge is -2.35. The van der Waals surface area contributed by atoms with Crippen molar-refractivity contribution in [1.29, 1.82) is 0 Å². The summed E-state index contributed by atoms with van der Waals surface area (Å²) >= 11 is 7.52. The maximum atomic E-state index is 10.6. The highest BCUT2D eigenvalue weighted by molar-refractivity contribution is 7.16. The van der Waals surface area contributed by atoms with E-state index in [1.54, 1.807) is 11.3 Å². The van der Waals surface area contributed by atoms with E-state index in [1.165, 1.54) is 30.6 Å². The summed E-state index contributed by atoms with van der Waals surface area (Å²) in [5, 5.41) is 10.6. The molecule has 96 valence electrons. The number of hydrogen-bond donors (Lipinski definition) is 1. The minimum Gasteiger partial charge on any atom is -0.390 e. The molecular formula is C14H21ClOS. The lowest BCUT2D eigenvalue weighted by Crippen LogP contribution is -2.36. The lowest BCUT2D eigenvalue weighted by molar-refractivity contribution is -0.00922. The predicted molar refractivity (Wildman–Crippen MR) is 74.8 cm³/mol. The van der Waals surface area contributed by atoms with Crippen LogP contribution in [0.15, 0.2) is 12.1 Å². The Morgan fingerprint density at radius 2 is 2.12 bits per heavy atom. The number of hydrogen-bond acceptors (Lipinski definition) is 2. The Kier molecular flexibility index (Phi) is 4.51. The summed E-state index contributed by atoms with van der Waals surface area (Å²) in [5.74, 6) is 0.840. The fourth-order valence-corrected chi connectivity index (χ4v) is 4.08. The van der Waals surface area contributed by atoms with Gasteiger partial charge in [-0.05, 0) is 43.7 Å². The van der Waals surface area contributed by atoms with Gasteiger partial charge in [0.1, 0.15) is 0 Å². The van der Waals surface area contributed by atoms with E-state index in [4.69, 9.17) is 11.6 Å². The summed E-state index contributed by atoms with van der Waals surface area (Å²) in [6.07, 6.45) is 7.64.